The van der Waals surface area contributed by atoms with E-state index in [1.54, 1.807) is 19.6 Å². The SMILES string of the molecule is COCCNCc1cccc(Cl)c1OCc1cncn1C. The number of hydrogen-bond acceptors (Lipinski definition) is 4. The summed E-state index contributed by atoms with van der Waals surface area (Å²) in [6.07, 6.45) is 3.53. The van der Waals surface area contributed by atoms with Crippen LogP contribution in [-0.4, -0.2) is 29.8 Å². The molecule has 6 heteroatoms. The maximum atomic E-state index is 6.25. The van der Waals surface area contributed by atoms with Gasteiger partial charge in [-0.1, -0.05) is 23.7 Å². The molecule has 1 N–H and O–H groups in total. The van der Waals surface area contributed by atoms with Gasteiger partial charge < -0.3 is 19.4 Å². The molecule has 0 atom stereocenters. The molecule has 0 spiro atoms. The Kier molecular flexibility index (Phi) is 6.04. The van der Waals surface area contributed by atoms with Crippen molar-refractivity contribution in [3.05, 3.63) is 47.0 Å². The van der Waals surface area contributed by atoms with Gasteiger partial charge in [-0.15, -0.1) is 0 Å². The van der Waals surface area contributed by atoms with Gasteiger partial charge in [-0.05, 0) is 6.07 Å². The summed E-state index contributed by atoms with van der Waals surface area (Å²) in [5.74, 6) is 0.713. The number of aryl methyl sites for hydroxylation is 1. The average molecular weight is 310 g/mol. The summed E-state index contributed by atoms with van der Waals surface area (Å²) in [5.41, 5.74) is 2.02. The van der Waals surface area contributed by atoms with Crippen LogP contribution < -0.4 is 10.1 Å². The molecular weight excluding hydrogens is 290 g/mol. The Morgan fingerprint density at radius 3 is 2.95 bits per heavy atom. The fourth-order valence-corrected chi connectivity index (χ4v) is 2.17. The van der Waals surface area contributed by atoms with Gasteiger partial charge in [0, 0.05) is 32.8 Å². The van der Waals surface area contributed by atoms with Gasteiger partial charge in [-0.3, -0.25) is 0 Å². The molecule has 0 unspecified atom stereocenters. The van der Waals surface area contributed by atoms with Crippen LogP contribution in [0.1, 0.15) is 11.3 Å². The lowest BCUT2D eigenvalue weighted by Gasteiger charge is -2.14. The molecule has 0 fully saturated rings. The van der Waals surface area contributed by atoms with Crippen molar-refractivity contribution < 1.29 is 9.47 Å². The van der Waals surface area contributed by atoms with E-state index in [4.69, 9.17) is 21.1 Å². The second-order valence-corrected chi connectivity index (χ2v) is 5.09. The summed E-state index contributed by atoms with van der Waals surface area (Å²) in [6.45, 7) is 2.58. The van der Waals surface area contributed by atoms with Crippen LogP contribution in [0.2, 0.25) is 5.02 Å². The van der Waals surface area contributed by atoms with E-state index < -0.39 is 0 Å². The van der Waals surface area contributed by atoms with Crippen LogP contribution in [0.4, 0.5) is 0 Å². The molecule has 0 saturated heterocycles. The Balaban J connectivity index is 2.01. The first-order valence-electron chi connectivity index (χ1n) is 6.77. The van der Waals surface area contributed by atoms with Crippen LogP contribution in [0.25, 0.3) is 0 Å². The smallest absolute Gasteiger partial charge is 0.142 e. The summed E-state index contributed by atoms with van der Waals surface area (Å²) in [7, 11) is 3.62. The maximum absolute atomic E-state index is 6.25. The first-order valence-corrected chi connectivity index (χ1v) is 7.15. The van der Waals surface area contributed by atoms with E-state index in [0.29, 0.717) is 30.5 Å². The predicted octanol–water partition coefficient (Wildman–Crippen LogP) is 2.39. The number of imidazole rings is 1. The lowest BCUT2D eigenvalue weighted by Crippen LogP contribution is -2.19. The first kappa shape index (κ1) is 15.8. The Morgan fingerprint density at radius 2 is 2.24 bits per heavy atom. The molecule has 0 saturated carbocycles. The molecule has 0 aliphatic rings. The number of nitrogens with zero attached hydrogens (tertiary/aromatic N) is 2. The number of aromatic nitrogens is 2. The van der Waals surface area contributed by atoms with E-state index in [2.05, 4.69) is 10.3 Å². The van der Waals surface area contributed by atoms with E-state index in [-0.39, 0.29) is 0 Å². The van der Waals surface area contributed by atoms with E-state index in [9.17, 15) is 0 Å². The van der Waals surface area contributed by atoms with Crippen molar-refractivity contribution >= 4 is 11.6 Å². The zero-order chi connectivity index (χ0) is 15.1. The minimum absolute atomic E-state index is 0.436. The molecule has 1 aromatic carbocycles. The van der Waals surface area contributed by atoms with Crippen LogP contribution in [0.15, 0.2) is 30.7 Å². The van der Waals surface area contributed by atoms with Crippen molar-refractivity contribution in [2.24, 2.45) is 7.05 Å². The number of para-hydroxylation sites is 1. The Morgan fingerprint density at radius 1 is 1.38 bits per heavy atom. The Labute approximate surface area is 129 Å². The summed E-state index contributed by atoms with van der Waals surface area (Å²) < 4.78 is 12.8. The number of halogens is 1. The number of methoxy groups -OCH3 is 1. The van der Waals surface area contributed by atoms with Gasteiger partial charge in [0.1, 0.15) is 12.4 Å². The highest BCUT2D eigenvalue weighted by Crippen LogP contribution is 2.29. The number of rotatable bonds is 8. The van der Waals surface area contributed by atoms with Crippen molar-refractivity contribution in [2.75, 3.05) is 20.3 Å². The van der Waals surface area contributed by atoms with Crippen molar-refractivity contribution in [3.63, 3.8) is 0 Å². The zero-order valence-electron chi connectivity index (χ0n) is 12.3. The molecule has 0 bridgehead atoms. The quantitative estimate of drug-likeness (QED) is 0.761. The number of hydrogen-bond donors (Lipinski definition) is 1. The van der Waals surface area contributed by atoms with E-state index in [1.165, 1.54) is 0 Å². The van der Waals surface area contributed by atoms with Gasteiger partial charge in [0.05, 0.1) is 29.8 Å². The van der Waals surface area contributed by atoms with Gasteiger partial charge in [0.2, 0.25) is 0 Å². The molecule has 5 nitrogen and oxygen atoms in total. The van der Waals surface area contributed by atoms with Crippen molar-refractivity contribution in [1.29, 1.82) is 0 Å². The highest BCUT2D eigenvalue weighted by atomic mass is 35.5. The number of nitrogens with one attached hydrogen (secondary N) is 1. The molecule has 114 valence electrons. The van der Waals surface area contributed by atoms with Crippen LogP contribution in [0, 0.1) is 0 Å². The van der Waals surface area contributed by atoms with Crippen LogP contribution in [-0.2, 0) is 24.9 Å². The average Bonchev–Trinajstić information content (AvgIpc) is 2.88. The number of benzene rings is 1. The molecule has 2 rings (SSSR count). The minimum atomic E-state index is 0.436. The highest BCUT2D eigenvalue weighted by molar-refractivity contribution is 6.32. The van der Waals surface area contributed by atoms with Gasteiger partial charge in [-0.2, -0.15) is 0 Å². The fraction of sp³-hybridized carbons (Fsp3) is 0.400. The Bertz CT molecular complexity index is 572. The van der Waals surface area contributed by atoms with Gasteiger partial charge in [0.15, 0.2) is 0 Å². The van der Waals surface area contributed by atoms with E-state index in [0.717, 1.165) is 17.8 Å². The molecule has 0 amide bonds. The van der Waals surface area contributed by atoms with Crippen LogP contribution >= 0.6 is 11.6 Å². The van der Waals surface area contributed by atoms with Crippen LogP contribution in [0.3, 0.4) is 0 Å². The standard InChI is InChI=1S/C15H20ClN3O2/c1-19-11-18-9-13(19)10-21-15-12(4-3-5-14(15)16)8-17-6-7-20-2/h3-5,9,11,17H,6-8,10H2,1-2H3. The predicted molar refractivity (Wildman–Crippen MR) is 82.6 cm³/mol. The summed E-state index contributed by atoms with van der Waals surface area (Å²) in [5, 5.41) is 3.91. The maximum Gasteiger partial charge on any atom is 0.142 e. The van der Waals surface area contributed by atoms with Crippen molar-refractivity contribution in [3.8, 4) is 5.75 Å². The lowest BCUT2D eigenvalue weighted by molar-refractivity contribution is 0.199. The molecule has 0 aliphatic carbocycles. The normalized spacial score (nSPS) is 10.8. The monoisotopic (exact) mass is 309 g/mol. The molecular formula is C15H20ClN3O2. The summed E-state index contributed by atoms with van der Waals surface area (Å²) in [4.78, 5) is 4.07. The lowest BCUT2D eigenvalue weighted by atomic mass is 10.2. The zero-order valence-corrected chi connectivity index (χ0v) is 13.1. The van der Waals surface area contributed by atoms with E-state index in [1.807, 2.05) is 29.8 Å². The van der Waals surface area contributed by atoms with Crippen molar-refractivity contribution in [2.45, 2.75) is 13.2 Å². The topological polar surface area (TPSA) is 48.3 Å². The Hall–Kier alpha value is -1.56. The first-order chi connectivity index (χ1) is 10.2. The molecule has 0 aliphatic heterocycles. The molecule has 1 aromatic heterocycles. The molecule has 0 radical (unpaired) electrons. The third kappa shape index (κ3) is 4.46. The molecule has 1 heterocycles. The molecule has 2 aromatic rings. The fourth-order valence-electron chi connectivity index (χ4n) is 1.92. The third-order valence-electron chi connectivity index (χ3n) is 3.13. The second-order valence-electron chi connectivity index (χ2n) is 4.68. The summed E-state index contributed by atoms with van der Waals surface area (Å²) >= 11 is 6.25. The summed E-state index contributed by atoms with van der Waals surface area (Å²) in [6, 6.07) is 5.76. The van der Waals surface area contributed by atoms with Crippen molar-refractivity contribution in [1.82, 2.24) is 14.9 Å². The molecule has 21 heavy (non-hydrogen) atoms. The van der Waals surface area contributed by atoms with Crippen LogP contribution in [0.5, 0.6) is 5.75 Å². The van der Waals surface area contributed by atoms with Gasteiger partial charge >= 0.3 is 0 Å². The second kappa shape index (κ2) is 8.02. The van der Waals surface area contributed by atoms with Gasteiger partial charge in [0.25, 0.3) is 0 Å². The third-order valence-corrected chi connectivity index (χ3v) is 3.43. The highest BCUT2D eigenvalue weighted by Gasteiger charge is 2.09. The van der Waals surface area contributed by atoms with E-state index >= 15 is 0 Å². The van der Waals surface area contributed by atoms with Gasteiger partial charge in [-0.25, -0.2) is 4.98 Å². The largest absolute Gasteiger partial charge is 0.485 e. The minimum Gasteiger partial charge on any atom is -0.485 e. The number of ether oxygens (including phenoxy) is 2.